The smallest absolute Gasteiger partial charge is 0.434 e. The number of nitrogens with zero attached hydrogens (tertiary/aromatic N) is 5. The molecule has 2 aromatic carbocycles. The van der Waals surface area contributed by atoms with Gasteiger partial charge in [0, 0.05) is 24.5 Å². The van der Waals surface area contributed by atoms with E-state index in [0.29, 0.717) is 49.4 Å². The number of pyridine rings is 2. The predicted molar refractivity (Wildman–Crippen MR) is 184 cm³/mol. The Balaban J connectivity index is 1.25. The van der Waals surface area contributed by atoms with Gasteiger partial charge in [-0.05, 0) is 79.5 Å². The van der Waals surface area contributed by atoms with Crippen molar-refractivity contribution in [1.29, 1.82) is 0 Å². The van der Waals surface area contributed by atoms with E-state index in [2.05, 4.69) is 15.5 Å². The summed E-state index contributed by atoms with van der Waals surface area (Å²) < 4.78 is 69.3. The number of carbonyl (C=O) groups excluding carboxylic acids is 1. The number of hydrogen-bond donors (Lipinski definition) is 2. The molecule has 53 heavy (non-hydrogen) atoms. The monoisotopic (exact) mass is 725 g/mol. The summed E-state index contributed by atoms with van der Waals surface area (Å²) in [6, 6.07) is 12.1. The summed E-state index contributed by atoms with van der Waals surface area (Å²) in [5, 5.41) is 9.74. The van der Waals surface area contributed by atoms with Crippen molar-refractivity contribution < 1.29 is 31.5 Å². The van der Waals surface area contributed by atoms with Gasteiger partial charge >= 0.3 is 11.9 Å². The van der Waals surface area contributed by atoms with Gasteiger partial charge in [-0.3, -0.25) is 9.78 Å². The Hall–Kier alpha value is -5.99. The molecule has 1 amide bonds. The van der Waals surface area contributed by atoms with Crippen LogP contribution in [-0.4, -0.2) is 49.0 Å². The fourth-order valence-electron chi connectivity index (χ4n) is 8.10. The molecule has 1 aliphatic carbocycles. The van der Waals surface area contributed by atoms with Crippen molar-refractivity contribution in [2.24, 2.45) is 0 Å². The van der Waals surface area contributed by atoms with E-state index in [1.807, 2.05) is 18.2 Å². The number of methoxy groups -OCH3 is 1. The van der Waals surface area contributed by atoms with Crippen LogP contribution < -0.4 is 15.8 Å². The quantitative estimate of drug-likeness (QED) is 0.159. The van der Waals surface area contributed by atoms with E-state index < -0.39 is 17.5 Å². The number of fused-ring (bicyclic) bond motifs is 5. The van der Waals surface area contributed by atoms with Crippen LogP contribution in [0.25, 0.3) is 28.4 Å². The normalized spacial score (nSPS) is 17.8. The molecule has 15 heteroatoms. The average molecular weight is 726 g/mol. The molecule has 9 rings (SSSR count). The molecule has 2 aliphatic heterocycles. The van der Waals surface area contributed by atoms with E-state index in [0.717, 1.165) is 35.4 Å². The number of nitrogens with one attached hydrogen (secondary N) is 2. The molecule has 2 unspecified atom stereocenters. The van der Waals surface area contributed by atoms with Gasteiger partial charge in [0.2, 0.25) is 0 Å². The second-order valence-electron chi connectivity index (χ2n) is 13.5. The van der Waals surface area contributed by atoms with Crippen molar-refractivity contribution in [1.82, 2.24) is 29.5 Å². The number of ether oxygens (including phenoxy) is 1. The standard InChI is InChI=1S/C38H31F4N7O4/c1-52-29-6-2-4-22-23(29)12-14-24(22)43-26-16-20(38(40,41)42)17-48-18-27(45-34(26)48)30-31(35-46-47-37(51)53-35)25(13-9-19-7-10-21(39)11-8-19)44-33-28-5-3-15-49(28)36(50)32(30)33/h2,4,6-8,10-11,16-18,24,28,43H,3,5,9,12-15H2,1H3,(H,47,51). The van der Waals surface area contributed by atoms with Crippen LogP contribution >= 0.6 is 0 Å². The minimum Gasteiger partial charge on any atom is -0.496 e. The van der Waals surface area contributed by atoms with Crippen LogP contribution in [0.5, 0.6) is 5.75 Å². The number of aromatic nitrogens is 5. The molecule has 270 valence electrons. The summed E-state index contributed by atoms with van der Waals surface area (Å²) in [6.45, 7) is 0.513. The van der Waals surface area contributed by atoms with Gasteiger partial charge in [-0.25, -0.2) is 19.3 Å². The zero-order valence-electron chi connectivity index (χ0n) is 28.3. The fourth-order valence-corrected chi connectivity index (χ4v) is 8.10. The van der Waals surface area contributed by atoms with Crippen LogP contribution in [0.15, 0.2) is 70.1 Å². The van der Waals surface area contributed by atoms with Crippen molar-refractivity contribution in [3.05, 3.63) is 116 Å². The number of rotatable bonds is 8. The first-order valence-electron chi connectivity index (χ1n) is 17.3. The first-order chi connectivity index (χ1) is 25.6. The molecule has 6 aromatic rings. The highest BCUT2D eigenvalue weighted by Gasteiger charge is 2.45. The molecule has 1 saturated heterocycles. The van der Waals surface area contributed by atoms with Crippen molar-refractivity contribution in [2.75, 3.05) is 19.0 Å². The molecule has 2 atom stereocenters. The second kappa shape index (κ2) is 12.3. The topological polar surface area (TPSA) is 131 Å². The van der Waals surface area contributed by atoms with Crippen LogP contribution in [-0.2, 0) is 25.4 Å². The van der Waals surface area contributed by atoms with Crippen LogP contribution in [0.2, 0.25) is 0 Å². The molecular formula is C38H31F4N7O4. The Bertz CT molecular complexity index is 2490. The Morgan fingerprint density at radius 1 is 1.02 bits per heavy atom. The predicted octanol–water partition coefficient (Wildman–Crippen LogP) is 7.08. The van der Waals surface area contributed by atoms with E-state index in [-0.39, 0.29) is 69.8 Å². The van der Waals surface area contributed by atoms with E-state index in [9.17, 15) is 27.2 Å². The lowest BCUT2D eigenvalue weighted by atomic mass is 9.92. The largest absolute Gasteiger partial charge is 0.496 e. The summed E-state index contributed by atoms with van der Waals surface area (Å²) in [5.41, 5.74) is 4.07. The maximum Gasteiger partial charge on any atom is 0.434 e. The maximum absolute atomic E-state index is 14.4. The Morgan fingerprint density at radius 3 is 2.60 bits per heavy atom. The van der Waals surface area contributed by atoms with Gasteiger partial charge in [0.15, 0.2) is 5.65 Å². The summed E-state index contributed by atoms with van der Waals surface area (Å²) in [6.07, 6.45) is 1.19. The Labute approximate surface area is 298 Å². The lowest BCUT2D eigenvalue weighted by Crippen LogP contribution is -2.23. The highest BCUT2D eigenvalue weighted by Crippen LogP contribution is 2.48. The number of aromatic amines is 1. The van der Waals surface area contributed by atoms with Gasteiger partial charge in [0.25, 0.3) is 11.8 Å². The zero-order valence-corrected chi connectivity index (χ0v) is 28.3. The molecule has 1 fully saturated rings. The summed E-state index contributed by atoms with van der Waals surface area (Å²) in [7, 11) is 1.58. The van der Waals surface area contributed by atoms with Gasteiger partial charge in [0.05, 0.1) is 58.7 Å². The number of imidazole rings is 1. The lowest BCUT2D eigenvalue weighted by molar-refractivity contribution is -0.137. The van der Waals surface area contributed by atoms with Gasteiger partial charge in [0.1, 0.15) is 11.6 Å². The van der Waals surface area contributed by atoms with Crippen LogP contribution in [0.3, 0.4) is 0 Å². The third-order valence-electron chi connectivity index (χ3n) is 10.5. The van der Waals surface area contributed by atoms with Crippen LogP contribution in [0.4, 0.5) is 23.2 Å². The SMILES string of the molecule is COc1cccc2c1CCC2Nc1cc(C(F)(F)F)cn2cc(-c3c4c(nc(CCc5ccc(F)cc5)c3-c3n[nH]c(=O)o3)C3CCCN3C4=O)nc12. The highest BCUT2D eigenvalue weighted by atomic mass is 19.4. The first kappa shape index (κ1) is 32.9. The third-order valence-corrected chi connectivity index (χ3v) is 10.5. The molecular weight excluding hydrogens is 694 g/mol. The van der Waals surface area contributed by atoms with Crippen LogP contribution in [0.1, 0.15) is 75.3 Å². The van der Waals surface area contributed by atoms with E-state index in [4.69, 9.17) is 19.1 Å². The molecule has 0 bridgehead atoms. The number of halogens is 4. The second-order valence-corrected chi connectivity index (χ2v) is 13.5. The number of carbonyl (C=O) groups is 1. The number of aryl methyl sites for hydroxylation is 2. The Morgan fingerprint density at radius 2 is 1.85 bits per heavy atom. The molecule has 0 saturated carbocycles. The van der Waals surface area contributed by atoms with Crippen molar-refractivity contribution in [3.8, 4) is 28.5 Å². The minimum atomic E-state index is -4.68. The highest BCUT2D eigenvalue weighted by molar-refractivity contribution is 6.08. The van der Waals surface area contributed by atoms with E-state index in [1.165, 1.54) is 22.7 Å². The summed E-state index contributed by atoms with van der Waals surface area (Å²) in [4.78, 5) is 38.2. The van der Waals surface area contributed by atoms with Crippen molar-refractivity contribution in [2.45, 2.75) is 56.8 Å². The van der Waals surface area contributed by atoms with Gasteiger partial charge in [-0.2, -0.15) is 13.2 Å². The molecule has 0 radical (unpaired) electrons. The summed E-state index contributed by atoms with van der Waals surface area (Å²) >= 11 is 0. The molecule has 3 aliphatic rings. The Kier molecular flexibility index (Phi) is 7.64. The number of anilines is 1. The average Bonchev–Trinajstić information content (AvgIpc) is 3.98. The van der Waals surface area contributed by atoms with Crippen molar-refractivity contribution in [3.63, 3.8) is 0 Å². The number of amides is 1. The van der Waals surface area contributed by atoms with Gasteiger partial charge in [-0.1, -0.05) is 24.3 Å². The zero-order chi connectivity index (χ0) is 36.6. The number of H-pyrrole nitrogens is 1. The minimum absolute atomic E-state index is 0.142. The number of hydrogen-bond acceptors (Lipinski definition) is 8. The molecule has 0 spiro atoms. The van der Waals surface area contributed by atoms with Gasteiger partial charge < -0.3 is 23.8 Å². The maximum atomic E-state index is 14.4. The number of benzene rings is 2. The van der Waals surface area contributed by atoms with Gasteiger partial charge in [-0.15, -0.1) is 5.10 Å². The van der Waals surface area contributed by atoms with E-state index in [1.54, 1.807) is 24.1 Å². The third kappa shape index (κ3) is 5.52. The summed E-state index contributed by atoms with van der Waals surface area (Å²) in [5.74, 6) is -0.938. The molecule has 2 N–H and O–H groups in total. The first-order valence-corrected chi connectivity index (χ1v) is 17.3. The van der Waals surface area contributed by atoms with Crippen LogP contribution in [0, 0.1) is 5.82 Å². The lowest BCUT2D eigenvalue weighted by Gasteiger charge is -2.18. The fraction of sp³-hybridized carbons (Fsp3) is 0.289. The van der Waals surface area contributed by atoms with Crippen molar-refractivity contribution >= 4 is 17.2 Å². The molecule has 6 heterocycles. The van der Waals surface area contributed by atoms with E-state index >= 15 is 0 Å². The number of alkyl halides is 3. The molecule has 11 nitrogen and oxygen atoms in total. The molecule has 4 aromatic heterocycles.